The van der Waals surface area contributed by atoms with Gasteiger partial charge in [0.05, 0.1) is 0 Å². The third kappa shape index (κ3) is 2.52. The molecule has 3 aliphatic rings. The number of likely N-dealkylation sites (tertiary alicyclic amines) is 1. The normalized spacial score (nSPS) is 25.4. The van der Waals surface area contributed by atoms with Crippen molar-refractivity contribution in [1.29, 1.82) is 0 Å². The second-order valence-corrected chi connectivity index (χ2v) is 7.85. The van der Waals surface area contributed by atoms with Gasteiger partial charge in [0.25, 0.3) is 0 Å². The number of fused-ring (bicyclic) bond motifs is 1. The fraction of sp³-hybridized carbons (Fsp3) is 0.600. The van der Waals surface area contributed by atoms with Gasteiger partial charge < -0.3 is 14.9 Å². The first-order valence-corrected chi connectivity index (χ1v) is 9.42. The van der Waals surface area contributed by atoms with Gasteiger partial charge in [-0.05, 0) is 50.7 Å². The van der Waals surface area contributed by atoms with Crippen LogP contribution in [0.15, 0.2) is 24.3 Å². The van der Waals surface area contributed by atoms with Gasteiger partial charge in [-0.25, -0.2) is 0 Å². The van der Waals surface area contributed by atoms with Gasteiger partial charge in [0.15, 0.2) is 0 Å². The van der Waals surface area contributed by atoms with E-state index in [2.05, 4.69) is 36.1 Å². The molecule has 0 radical (unpaired) electrons. The molecule has 5 nitrogen and oxygen atoms in total. The Bertz CT molecular complexity index is 690. The number of anilines is 1. The van der Waals surface area contributed by atoms with E-state index >= 15 is 0 Å². The molecule has 1 aliphatic carbocycles. The molecule has 25 heavy (non-hydrogen) atoms. The first-order valence-electron chi connectivity index (χ1n) is 9.42. The average Bonchev–Trinajstić information content (AvgIpc) is 2.89. The number of carbonyl (C=O) groups is 2. The van der Waals surface area contributed by atoms with E-state index in [1.165, 1.54) is 11.3 Å². The average molecular weight is 342 g/mol. The number of amides is 1. The van der Waals surface area contributed by atoms with Crippen molar-refractivity contribution in [2.45, 2.75) is 57.5 Å². The third-order valence-corrected chi connectivity index (χ3v) is 6.43. The number of para-hydroxylation sites is 1. The van der Waals surface area contributed by atoms with Crippen molar-refractivity contribution in [1.82, 2.24) is 4.90 Å². The Balaban J connectivity index is 1.44. The van der Waals surface area contributed by atoms with E-state index in [1.54, 1.807) is 4.90 Å². The van der Waals surface area contributed by atoms with Gasteiger partial charge in [-0.3, -0.25) is 9.59 Å². The zero-order valence-corrected chi connectivity index (χ0v) is 14.8. The predicted molar refractivity (Wildman–Crippen MR) is 95.6 cm³/mol. The number of hydrogen-bond donors (Lipinski definition) is 1. The molecule has 2 aliphatic heterocycles. The number of carboxylic acid groups (broad SMARTS) is 1. The van der Waals surface area contributed by atoms with Crippen LogP contribution < -0.4 is 4.90 Å². The largest absolute Gasteiger partial charge is 0.480 e. The molecule has 0 bridgehead atoms. The molecule has 1 aromatic carbocycles. The fourth-order valence-electron chi connectivity index (χ4n) is 4.85. The van der Waals surface area contributed by atoms with Crippen molar-refractivity contribution in [2.24, 2.45) is 5.41 Å². The van der Waals surface area contributed by atoms with Crippen LogP contribution in [0.3, 0.4) is 0 Å². The lowest BCUT2D eigenvalue weighted by molar-refractivity contribution is -0.168. The molecule has 2 fully saturated rings. The standard InChI is InChI=1S/C20H26N2O3/c1-14-13-15-5-2-3-6-17(15)22(14)16-7-11-21(12-8-16)18(23)20(19(24)25)9-4-10-20/h2-3,5-6,14,16H,4,7-13H2,1H3,(H,24,25). The van der Waals surface area contributed by atoms with Crippen molar-refractivity contribution in [3.05, 3.63) is 29.8 Å². The van der Waals surface area contributed by atoms with Crippen LogP contribution in [-0.2, 0) is 16.0 Å². The highest BCUT2D eigenvalue weighted by Gasteiger charge is 2.53. The minimum Gasteiger partial charge on any atom is -0.480 e. The van der Waals surface area contributed by atoms with Crippen LogP contribution in [0.5, 0.6) is 0 Å². The molecule has 1 aromatic rings. The van der Waals surface area contributed by atoms with Crippen molar-refractivity contribution in [3.63, 3.8) is 0 Å². The Hall–Kier alpha value is -2.04. The number of rotatable bonds is 3. The molecule has 1 atom stereocenters. The van der Waals surface area contributed by atoms with E-state index in [1.807, 2.05) is 0 Å². The van der Waals surface area contributed by atoms with Gasteiger partial charge >= 0.3 is 5.97 Å². The summed E-state index contributed by atoms with van der Waals surface area (Å²) in [7, 11) is 0. The number of carbonyl (C=O) groups excluding carboxylic acids is 1. The Morgan fingerprint density at radius 2 is 1.84 bits per heavy atom. The molecule has 5 heteroatoms. The first kappa shape index (κ1) is 16.4. The van der Waals surface area contributed by atoms with Gasteiger partial charge in [-0.2, -0.15) is 0 Å². The van der Waals surface area contributed by atoms with E-state index in [9.17, 15) is 14.7 Å². The molecule has 134 valence electrons. The monoisotopic (exact) mass is 342 g/mol. The van der Waals surface area contributed by atoms with E-state index < -0.39 is 11.4 Å². The summed E-state index contributed by atoms with van der Waals surface area (Å²) in [5, 5.41) is 9.50. The molecule has 1 saturated carbocycles. The number of benzene rings is 1. The van der Waals surface area contributed by atoms with Crippen LogP contribution in [0, 0.1) is 5.41 Å². The van der Waals surface area contributed by atoms with E-state index in [0.717, 1.165) is 25.7 Å². The SMILES string of the molecule is CC1Cc2ccccc2N1C1CCN(C(=O)C2(C(=O)O)CCC2)CC1. The van der Waals surface area contributed by atoms with Gasteiger partial charge in [0.2, 0.25) is 5.91 Å². The highest BCUT2D eigenvalue weighted by atomic mass is 16.4. The lowest BCUT2D eigenvalue weighted by atomic mass is 9.67. The minimum absolute atomic E-state index is 0.153. The van der Waals surface area contributed by atoms with E-state index in [0.29, 0.717) is 38.0 Å². The summed E-state index contributed by atoms with van der Waals surface area (Å²) in [5.74, 6) is -1.09. The van der Waals surface area contributed by atoms with Crippen molar-refractivity contribution < 1.29 is 14.7 Å². The Labute approximate surface area is 148 Å². The molecule has 1 amide bonds. The minimum atomic E-state index is -1.12. The van der Waals surface area contributed by atoms with Gasteiger partial charge in [-0.15, -0.1) is 0 Å². The van der Waals surface area contributed by atoms with Crippen molar-refractivity contribution >= 4 is 17.6 Å². The predicted octanol–water partition coefficient (Wildman–Crippen LogP) is 2.68. The summed E-state index contributed by atoms with van der Waals surface area (Å²) >= 11 is 0. The Kier molecular flexibility index (Phi) is 3.97. The topological polar surface area (TPSA) is 60.9 Å². The highest BCUT2D eigenvalue weighted by Crippen LogP contribution is 2.43. The zero-order chi connectivity index (χ0) is 17.6. The van der Waals surface area contributed by atoms with Gasteiger partial charge in [0.1, 0.15) is 5.41 Å². The number of aliphatic carboxylic acids is 1. The summed E-state index contributed by atoms with van der Waals surface area (Å²) < 4.78 is 0. The molecule has 0 spiro atoms. The molecular weight excluding hydrogens is 316 g/mol. The van der Waals surface area contributed by atoms with Gasteiger partial charge in [0, 0.05) is 30.9 Å². The molecule has 1 N–H and O–H groups in total. The van der Waals surface area contributed by atoms with Crippen molar-refractivity contribution in [2.75, 3.05) is 18.0 Å². The summed E-state index contributed by atoms with van der Waals surface area (Å²) in [6, 6.07) is 9.52. The second kappa shape index (κ2) is 6.04. The molecule has 1 unspecified atom stereocenters. The number of piperidine rings is 1. The maximum Gasteiger partial charge on any atom is 0.319 e. The molecule has 0 aromatic heterocycles. The zero-order valence-electron chi connectivity index (χ0n) is 14.8. The lowest BCUT2D eigenvalue weighted by Gasteiger charge is -2.44. The van der Waals surface area contributed by atoms with Crippen LogP contribution >= 0.6 is 0 Å². The summed E-state index contributed by atoms with van der Waals surface area (Å²) in [4.78, 5) is 28.7. The molecule has 1 saturated heterocycles. The molecule has 2 heterocycles. The van der Waals surface area contributed by atoms with Crippen LogP contribution in [0.4, 0.5) is 5.69 Å². The van der Waals surface area contributed by atoms with Crippen LogP contribution in [-0.4, -0.2) is 47.1 Å². The van der Waals surface area contributed by atoms with E-state index in [4.69, 9.17) is 0 Å². The number of hydrogen-bond acceptors (Lipinski definition) is 3. The third-order valence-electron chi connectivity index (χ3n) is 6.43. The maximum atomic E-state index is 12.8. The number of carboxylic acids is 1. The van der Waals surface area contributed by atoms with Gasteiger partial charge in [-0.1, -0.05) is 24.6 Å². The summed E-state index contributed by atoms with van der Waals surface area (Å²) in [6.07, 6.45) is 4.75. The molecule has 4 rings (SSSR count). The van der Waals surface area contributed by atoms with Crippen molar-refractivity contribution in [3.8, 4) is 0 Å². The van der Waals surface area contributed by atoms with Crippen LogP contribution in [0.1, 0.15) is 44.6 Å². The highest BCUT2D eigenvalue weighted by molar-refractivity contribution is 6.02. The Morgan fingerprint density at radius 1 is 1.16 bits per heavy atom. The Morgan fingerprint density at radius 3 is 2.44 bits per heavy atom. The quantitative estimate of drug-likeness (QED) is 0.858. The number of nitrogens with zero attached hydrogens (tertiary/aromatic N) is 2. The fourth-order valence-corrected chi connectivity index (χ4v) is 4.85. The first-order chi connectivity index (χ1) is 12.0. The summed E-state index contributed by atoms with van der Waals surface area (Å²) in [6.45, 7) is 3.61. The summed E-state index contributed by atoms with van der Waals surface area (Å²) in [5.41, 5.74) is 1.62. The van der Waals surface area contributed by atoms with E-state index in [-0.39, 0.29) is 5.91 Å². The van der Waals surface area contributed by atoms with Crippen LogP contribution in [0.2, 0.25) is 0 Å². The maximum absolute atomic E-state index is 12.8. The molecular formula is C20H26N2O3. The van der Waals surface area contributed by atoms with Crippen LogP contribution in [0.25, 0.3) is 0 Å². The lowest BCUT2D eigenvalue weighted by Crippen LogP contribution is -2.56. The smallest absolute Gasteiger partial charge is 0.319 e. The second-order valence-electron chi connectivity index (χ2n) is 7.85.